The summed E-state index contributed by atoms with van der Waals surface area (Å²) >= 11 is 3.19. The van der Waals surface area contributed by atoms with E-state index in [1.165, 1.54) is 12.3 Å². The molecular weight excluding hydrogens is 322 g/mol. The van der Waals surface area contributed by atoms with Crippen molar-refractivity contribution in [3.05, 3.63) is 51.5 Å². The number of aromatic nitrogens is 2. The third kappa shape index (κ3) is 2.77. The van der Waals surface area contributed by atoms with Gasteiger partial charge in [-0.2, -0.15) is 0 Å². The first-order valence-electron chi connectivity index (χ1n) is 4.81. The van der Waals surface area contributed by atoms with Gasteiger partial charge < -0.3 is 4.98 Å². The van der Waals surface area contributed by atoms with Gasteiger partial charge in [0.05, 0.1) is 4.47 Å². The number of halogens is 1. The molecule has 0 atom stereocenters. The highest BCUT2D eigenvalue weighted by Gasteiger charge is 2.16. The van der Waals surface area contributed by atoms with Crippen molar-refractivity contribution in [3.63, 3.8) is 0 Å². The van der Waals surface area contributed by atoms with Crippen molar-refractivity contribution in [2.75, 3.05) is 4.72 Å². The number of hydrogen-bond donors (Lipinski definition) is 2. The largest absolute Gasteiger partial charge is 0.328 e. The minimum absolute atomic E-state index is 0.0420. The van der Waals surface area contributed by atoms with Gasteiger partial charge in [-0.1, -0.05) is 0 Å². The number of nitrogens with zero attached hydrogens (tertiary/aromatic N) is 1. The number of H-pyrrole nitrogens is 1. The molecule has 0 bridgehead atoms. The van der Waals surface area contributed by atoms with Crippen molar-refractivity contribution in [3.8, 4) is 0 Å². The Kier molecular flexibility index (Phi) is 3.48. The van der Waals surface area contributed by atoms with Gasteiger partial charge in [-0.15, -0.1) is 0 Å². The van der Waals surface area contributed by atoms with Crippen LogP contribution in [0.1, 0.15) is 0 Å². The maximum absolute atomic E-state index is 12.0. The van der Waals surface area contributed by atoms with Crippen molar-refractivity contribution < 1.29 is 8.42 Å². The molecule has 0 aliphatic carbocycles. The van der Waals surface area contributed by atoms with Crippen molar-refractivity contribution in [1.29, 1.82) is 0 Å². The number of nitrogens with one attached hydrogen (secondary N) is 2. The topological polar surface area (TPSA) is 91.9 Å². The maximum atomic E-state index is 12.0. The van der Waals surface area contributed by atoms with E-state index in [1.54, 1.807) is 12.1 Å². The summed E-state index contributed by atoms with van der Waals surface area (Å²) in [6.45, 7) is 0. The molecule has 0 aromatic carbocycles. The molecule has 0 spiro atoms. The van der Waals surface area contributed by atoms with Crippen LogP contribution in [-0.4, -0.2) is 18.4 Å². The number of rotatable bonds is 3. The van der Waals surface area contributed by atoms with Crippen LogP contribution < -0.4 is 10.3 Å². The third-order valence-corrected chi connectivity index (χ3v) is 4.03. The van der Waals surface area contributed by atoms with Gasteiger partial charge in [-0.25, -0.2) is 13.4 Å². The lowest BCUT2D eigenvalue weighted by Gasteiger charge is -2.07. The fourth-order valence-electron chi connectivity index (χ4n) is 1.21. The summed E-state index contributed by atoms with van der Waals surface area (Å²) in [6, 6.07) is 5.69. The predicted molar refractivity (Wildman–Crippen MR) is 69.8 cm³/mol. The highest BCUT2D eigenvalue weighted by molar-refractivity contribution is 9.10. The van der Waals surface area contributed by atoms with Crippen molar-refractivity contribution in [2.45, 2.75) is 4.90 Å². The van der Waals surface area contributed by atoms with E-state index in [0.29, 0.717) is 4.47 Å². The molecule has 0 saturated heterocycles. The number of anilines is 1. The lowest BCUT2D eigenvalue weighted by Crippen LogP contribution is -2.16. The zero-order chi connectivity index (χ0) is 13.2. The lowest BCUT2D eigenvalue weighted by molar-refractivity contribution is 0.600. The minimum atomic E-state index is -3.77. The van der Waals surface area contributed by atoms with Crippen LogP contribution in [0.5, 0.6) is 0 Å². The monoisotopic (exact) mass is 329 g/mol. The van der Waals surface area contributed by atoms with Gasteiger partial charge in [0.25, 0.3) is 10.0 Å². The first-order chi connectivity index (χ1) is 8.49. The second kappa shape index (κ2) is 4.91. The van der Waals surface area contributed by atoms with Gasteiger partial charge in [-0.3, -0.25) is 9.52 Å². The minimum Gasteiger partial charge on any atom is -0.328 e. The first-order valence-corrected chi connectivity index (χ1v) is 7.09. The summed E-state index contributed by atoms with van der Waals surface area (Å²) in [5.74, 6) is 0.184. The molecule has 2 rings (SSSR count). The smallest absolute Gasteiger partial charge is 0.264 e. The summed E-state index contributed by atoms with van der Waals surface area (Å²) in [5.41, 5.74) is -0.368. The SMILES string of the molecule is O=c1ccc(S(=O)(=O)Nc2ncccc2Br)c[nH]1. The van der Waals surface area contributed by atoms with Gasteiger partial charge in [0, 0.05) is 18.5 Å². The molecule has 0 unspecified atom stereocenters. The van der Waals surface area contributed by atoms with E-state index in [2.05, 4.69) is 30.6 Å². The highest BCUT2D eigenvalue weighted by Crippen LogP contribution is 2.21. The number of pyridine rings is 2. The van der Waals surface area contributed by atoms with E-state index in [0.717, 1.165) is 12.3 Å². The number of aromatic amines is 1. The molecule has 2 N–H and O–H groups in total. The third-order valence-electron chi connectivity index (χ3n) is 2.06. The molecule has 0 fully saturated rings. The van der Waals surface area contributed by atoms with Gasteiger partial charge in [0.1, 0.15) is 4.90 Å². The van der Waals surface area contributed by atoms with Crippen LogP contribution in [0.2, 0.25) is 0 Å². The van der Waals surface area contributed by atoms with E-state index in [-0.39, 0.29) is 16.3 Å². The van der Waals surface area contributed by atoms with E-state index in [9.17, 15) is 13.2 Å². The number of sulfonamides is 1. The van der Waals surface area contributed by atoms with Crippen LogP contribution >= 0.6 is 15.9 Å². The van der Waals surface area contributed by atoms with E-state index in [4.69, 9.17) is 0 Å². The van der Waals surface area contributed by atoms with Crippen LogP contribution in [0.15, 0.2) is 50.8 Å². The van der Waals surface area contributed by atoms with E-state index < -0.39 is 10.0 Å². The van der Waals surface area contributed by atoms with Crippen molar-refractivity contribution in [1.82, 2.24) is 9.97 Å². The van der Waals surface area contributed by atoms with Crippen molar-refractivity contribution in [2.24, 2.45) is 0 Å². The second-order valence-corrected chi connectivity index (χ2v) is 5.86. The molecule has 0 amide bonds. The van der Waals surface area contributed by atoms with E-state index >= 15 is 0 Å². The Morgan fingerprint density at radius 1 is 1.28 bits per heavy atom. The normalized spacial score (nSPS) is 11.2. The van der Waals surface area contributed by atoms with Crippen molar-refractivity contribution >= 4 is 31.8 Å². The Morgan fingerprint density at radius 2 is 2.06 bits per heavy atom. The van der Waals surface area contributed by atoms with Gasteiger partial charge >= 0.3 is 0 Å². The Labute approximate surface area is 111 Å². The molecule has 6 nitrogen and oxygen atoms in total. The Morgan fingerprint density at radius 3 is 2.67 bits per heavy atom. The zero-order valence-corrected chi connectivity index (χ0v) is 11.3. The average Bonchev–Trinajstić information content (AvgIpc) is 2.32. The predicted octanol–water partition coefficient (Wildman–Crippen LogP) is 1.33. The number of hydrogen-bond acceptors (Lipinski definition) is 4. The highest BCUT2D eigenvalue weighted by atomic mass is 79.9. The molecule has 2 aromatic heterocycles. The fraction of sp³-hybridized carbons (Fsp3) is 0. The van der Waals surface area contributed by atoms with Crippen LogP contribution in [0.4, 0.5) is 5.82 Å². The fourth-order valence-corrected chi connectivity index (χ4v) is 2.69. The Balaban J connectivity index is 2.36. The standard InChI is InChI=1S/C10H8BrN3O3S/c11-8-2-1-5-12-10(8)14-18(16,17)7-3-4-9(15)13-6-7/h1-6H,(H,12,14)(H,13,15). The first kappa shape index (κ1) is 12.8. The molecule has 8 heteroatoms. The average molecular weight is 330 g/mol. The lowest BCUT2D eigenvalue weighted by atomic mass is 10.5. The molecule has 2 aromatic rings. The van der Waals surface area contributed by atoms with Gasteiger partial charge in [-0.05, 0) is 34.1 Å². The summed E-state index contributed by atoms with van der Waals surface area (Å²) in [7, 11) is -3.77. The molecule has 0 aliphatic heterocycles. The summed E-state index contributed by atoms with van der Waals surface area (Å²) < 4.78 is 26.8. The van der Waals surface area contributed by atoms with Gasteiger partial charge in [0.15, 0.2) is 5.82 Å². The van der Waals surface area contributed by atoms with Crippen LogP contribution in [0, 0.1) is 0 Å². The second-order valence-electron chi connectivity index (χ2n) is 3.33. The molecule has 2 heterocycles. The van der Waals surface area contributed by atoms with Crippen LogP contribution in [0.3, 0.4) is 0 Å². The molecule has 0 radical (unpaired) electrons. The van der Waals surface area contributed by atoms with E-state index in [1.807, 2.05) is 0 Å². The zero-order valence-electron chi connectivity index (χ0n) is 8.92. The summed E-state index contributed by atoms with van der Waals surface area (Å²) in [4.78, 5) is 17.0. The Bertz CT molecular complexity index is 707. The molecule has 94 valence electrons. The summed E-state index contributed by atoms with van der Waals surface area (Å²) in [6.07, 6.45) is 2.59. The molecule has 0 saturated carbocycles. The molecular formula is C10H8BrN3O3S. The molecule has 0 aliphatic rings. The Hall–Kier alpha value is -1.67. The molecule has 18 heavy (non-hydrogen) atoms. The maximum Gasteiger partial charge on any atom is 0.264 e. The summed E-state index contributed by atoms with van der Waals surface area (Å²) in [5, 5.41) is 0. The quantitative estimate of drug-likeness (QED) is 0.888. The van der Waals surface area contributed by atoms with Crippen LogP contribution in [-0.2, 0) is 10.0 Å². The van der Waals surface area contributed by atoms with Gasteiger partial charge in [0.2, 0.25) is 5.56 Å². The van der Waals surface area contributed by atoms with Crippen LogP contribution in [0.25, 0.3) is 0 Å².